The number of nitrogens with zero attached hydrogens (tertiary/aromatic N) is 4. The van der Waals surface area contributed by atoms with E-state index in [-0.39, 0.29) is 34.2 Å². The van der Waals surface area contributed by atoms with Gasteiger partial charge in [0, 0.05) is 26.3 Å². The van der Waals surface area contributed by atoms with Crippen LogP contribution in [-0.2, 0) is 18.3 Å². The first kappa shape index (κ1) is 18.8. The second kappa shape index (κ2) is 7.72. The van der Waals surface area contributed by atoms with Gasteiger partial charge in [-0.2, -0.15) is 10.1 Å². The fourth-order valence-electron chi connectivity index (χ4n) is 2.51. The second-order valence-electron chi connectivity index (χ2n) is 5.58. The third kappa shape index (κ3) is 3.62. The quantitative estimate of drug-likeness (QED) is 0.484. The van der Waals surface area contributed by atoms with Crippen LogP contribution < -0.4 is 16.7 Å². The van der Waals surface area contributed by atoms with Crippen LogP contribution in [0.5, 0.6) is 0 Å². The molecule has 1 aromatic carbocycles. The molecule has 0 atom stereocenters. The lowest BCUT2D eigenvalue weighted by Crippen LogP contribution is -2.29. The molecule has 11 heteroatoms. The van der Waals surface area contributed by atoms with E-state index in [0.717, 1.165) is 0 Å². The molecule has 3 rings (SSSR count). The van der Waals surface area contributed by atoms with Crippen molar-refractivity contribution in [3.8, 4) is 0 Å². The van der Waals surface area contributed by atoms with Gasteiger partial charge in [-0.15, -0.1) is 0 Å². The minimum atomic E-state index is -0.586. The highest BCUT2D eigenvalue weighted by atomic mass is 35.5. The summed E-state index contributed by atoms with van der Waals surface area (Å²) >= 11 is 5.95. The van der Waals surface area contributed by atoms with E-state index in [1.807, 2.05) is 0 Å². The Morgan fingerprint density at radius 1 is 1.44 bits per heavy atom. The van der Waals surface area contributed by atoms with E-state index >= 15 is 0 Å². The van der Waals surface area contributed by atoms with Crippen LogP contribution in [0.3, 0.4) is 0 Å². The van der Waals surface area contributed by atoms with Gasteiger partial charge >= 0.3 is 5.69 Å². The first-order valence-electron chi connectivity index (χ1n) is 7.85. The molecule has 27 heavy (non-hydrogen) atoms. The van der Waals surface area contributed by atoms with Gasteiger partial charge in [-0.05, 0) is 12.1 Å². The molecule has 0 saturated heterocycles. The number of rotatable bonds is 6. The highest BCUT2D eigenvalue weighted by Gasteiger charge is 2.17. The number of hydrogen-bond donors (Lipinski definition) is 2. The number of aryl methyl sites for hydroxylation is 1. The largest absolute Gasteiger partial charge is 0.383 e. The fourth-order valence-corrected chi connectivity index (χ4v) is 2.72. The minimum absolute atomic E-state index is 0.108. The van der Waals surface area contributed by atoms with E-state index in [4.69, 9.17) is 16.3 Å². The summed E-state index contributed by atoms with van der Waals surface area (Å²) in [5, 5.41) is 4.16. The standard InChI is InChI=1S/C16H16ClFN6O3/c1-23-13-12(14(25)21-16(23)26)24(6-7-27-2)15(20-13)22-19-8-9-10(17)4-3-5-11(9)18/h3-5,8H,6-7H2,1-2H3,(H,20,22)(H,21,25,26)/b19-8+. The number of fused-ring (bicyclic) bond motifs is 1. The zero-order valence-corrected chi connectivity index (χ0v) is 15.2. The molecule has 2 aromatic heterocycles. The number of H-pyrrole nitrogens is 1. The molecule has 0 spiro atoms. The predicted molar refractivity (Wildman–Crippen MR) is 100 cm³/mol. The molecule has 0 unspecified atom stereocenters. The molecule has 142 valence electrons. The number of methoxy groups -OCH3 is 1. The zero-order valence-electron chi connectivity index (χ0n) is 14.5. The van der Waals surface area contributed by atoms with Gasteiger partial charge in [0.2, 0.25) is 5.95 Å². The predicted octanol–water partition coefficient (Wildman–Crippen LogP) is 1.31. The summed E-state index contributed by atoms with van der Waals surface area (Å²) in [6.45, 7) is 0.581. The maximum atomic E-state index is 13.8. The van der Waals surface area contributed by atoms with Crippen molar-refractivity contribution in [3.63, 3.8) is 0 Å². The van der Waals surface area contributed by atoms with Gasteiger partial charge in [-0.1, -0.05) is 17.7 Å². The Morgan fingerprint density at radius 2 is 2.22 bits per heavy atom. The van der Waals surface area contributed by atoms with Gasteiger partial charge in [0.15, 0.2) is 11.2 Å². The summed E-state index contributed by atoms with van der Waals surface area (Å²) in [7, 11) is 3.00. The van der Waals surface area contributed by atoms with E-state index in [0.29, 0.717) is 6.61 Å². The van der Waals surface area contributed by atoms with Crippen LogP contribution in [0.2, 0.25) is 5.02 Å². The Labute approximate surface area is 157 Å². The summed E-state index contributed by atoms with van der Waals surface area (Å²) in [5.41, 5.74) is 1.98. The minimum Gasteiger partial charge on any atom is -0.383 e. The lowest BCUT2D eigenvalue weighted by Gasteiger charge is -2.07. The van der Waals surface area contributed by atoms with Crippen molar-refractivity contribution in [2.75, 3.05) is 19.1 Å². The smallest absolute Gasteiger partial charge is 0.329 e. The average Bonchev–Trinajstić information content (AvgIpc) is 2.99. The van der Waals surface area contributed by atoms with Crippen LogP contribution in [0.15, 0.2) is 32.9 Å². The highest BCUT2D eigenvalue weighted by molar-refractivity contribution is 6.33. The van der Waals surface area contributed by atoms with Crippen LogP contribution in [0, 0.1) is 5.82 Å². The number of aromatic amines is 1. The molecule has 3 aromatic rings. The van der Waals surface area contributed by atoms with Crippen LogP contribution in [0.4, 0.5) is 10.3 Å². The number of imidazole rings is 1. The molecule has 9 nitrogen and oxygen atoms in total. The molecule has 2 heterocycles. The van der Waals surface area contributed by atoms with Crippen molar-refractivity contribution in [1.82, 2.24) is 19.1 Å². The first-order valence-corrected chi connectivity index (χ1v) is 8.23. The average molecular weight is 395 g/mol. The summed E-state index contributed by atoms with van der Waals surface area (Å²) in [4.78, 5) is 30.5. The summed E-state index contributed by atoms with van der Waals surface area (Å²) in [6, 6.07) is 4.28. The number of hydrazone groups is 1. The van der Waals surface area contributed by atoms with Crippen molar-refractivity contribution in [1.29, 1.82) is 0 Å². The lowest BCUT2D eigenvalue weighted by molar-refractivity contribution is 0.188. The van der Waals surface area contributed by atoms with Crippen molar-refractivity contribution in [3.05, 3.63) is 55.4 Å². The molecule has 0 bridgehead atoms. The lowest BCUT2D eigenvalue weighted by atomic mass is 10.2. The SMILES string of the molecule is COCCn1c(N/N=C/c2c(F)cccc2Cl)nc2c1c(=O)[nH]c(=O)n2C. The van der Waals surface area contributed by atoms with E-state index in [9.17, 15) is 14.0 Å². The van der Waals surface area contributed by atoms with Crippen molar-refractivity contribution >= 4 is 34.9 Å². The number of hydrogen-bond acceptors (Lipinski definition) is 6. The molecule has 0 amide bonds. The number of halogens is 2. The van der Waals surface area contributed by atoms with Gasteiger partial charge in [0.25, 0.3) is 5.56 Å². The molecular weight excluding hydrogens is 379 g/mol. The van der Waals surface area contributed by atoms with Gasteiger partial charge in [-0.25, -0.2) is 14.6 Å². The molecule has 0 aliphatic carbocycles. The third-order valence-electron chi connectivity index (χ3n) is 3.88. The van der Waals surface area contributed by atoms with Crippen molar-refractivity contribution < 1.29 is 9.13 Å². The molecule has 0 radical (unpaired) electrons. The Balaban J connectivity index is 2.04. The normalized spacial score (nSPS) is 11.6. The van der Waals surface area contributed by atoms with Crippen LogP contribution in [-0.4, -0.2) is 39.0 Å². The third-order valence-corrected chi connectivity index (χ3v) is 4.21. The van der Waals surface area contributed by atoms with Gasteiger partial charge < -0.3 is 9.30 Å². The van der Waals surface area contributed by atoms with Crippen LogP contribution >= 0.6 is 11.6 Å². The molecular formula is C16H16ClFN6O3. The maximum Gasteiger partial charge on any atom is 0.329 e. The summed E-state index contributed by atoms with van der Waals surface area (Å²) in [6.07, 6.45) is 1.21. The number of aromatic nitrogens is 4. The molecule has 2 N–H and O–H groups in total. The maximum absolute atomic E-state index is 13.8. The highest BCUT2D eigenvalue weighted by Crippen LogP contribution is 2.18. The molecule has 0 fully saturated rings. The van der Waals surface area contributed by atoms with Gasteiger partial charge in [0.05, 0.1) is 17.8 Å². The molecule has 0 aliphatic rings. The number of anilines is 1. The Bertz CT molecular complexity index is 1110. The molecule has 0 saturated carbocycles. The zero-order chi connectivity index (χ0) is 19.6. The topological polar surface area (TPSA) is 106 Å². The molecule has 0 aliphatic heterocycles. The monoisotopic (exact) mass is 394 g/mol. The van der Waals surface area contributed by atoms with Gasteiger partial charge in [0.1, 0.15) is 5.82 Å². The fraction of sp³-hybridized carbons (Fsp3) is 0.250. The van der Waals surface area contributed by atoms with Crippen molar-refractivity contribution in [2.24, 2.45) is 12.1 Å². The van der Waals surface area contributed by atoms with E-state index < -0.39 is 17.1 Å². The Morgan fingerprint density at radius 3 is 2.93 bits per heavy atom. The van der Waals surface area contributed by atoms with E-state index in [1.165, 1.54) is 47.7 Å². The Kier molecular flexibility index (Phi) is 5.38. The van der Waals surface area contributed by atoms with Crippen LogP contribution in [0.25, 0.3) is 11.2 Å². The summed E-state index contributed by atoms with van der Waals surface area (Å²) < 4.78 is 21.6. The number of ether oxygens (including phenoxy) is 1. The number of nitrogens with one attached hydrogen (secondary N) is 2. The van der Waals surface area contributed by atoms with Crippen molar-refractivity contribution in [2.45, 2.75) is 6.54 Å². The summed E-state index contributed by atoms with van der Waals surface area (Å²) in [5.74, 6) is -0.336. The van der Waals surface area contributed by atoms with E-state index in [1.54, 1.807) is 0 Å². The Hall–Kier alpha value is -2.98. The van der Waals surface area contributed by atoms with E-state index in [2.05, 4.69) is 20.5 Å². The van der Waals surface area contributed by atoms with Crippen LogP contribution in [0.1, 0.15) is 5.56 Å². The first-order chi connectivity index (χ1) is 12.9. The van der Waals surface area contributed by atoms with Gasteiger partial charge in [-0.3, -0.25) is 14.3 Å². The number of benzene rings is 1. The second-order valence-corrected chi connectivity index (χ2v) is 5.98.